The minimum atomic E-state index is -3.58. The lowest BCUT2D eigenvalue weighted by atomic mass is 10.1. The number of benzene rings is 1. The van der Waals surface area contributed by atoms with Crippen LogP contribution in [0.2, 0.25) is 0 Å². The molecule has 0 aliphatic carbocycles. The molecule has 134 valence electrons. The van der Waals surface area contributed by atoms with E-state index in [9.17, 15) is 13.2 Å². The summed E-state index contributed by atoms with van der Waals surface area (Å²) in [7, 11) is -3.58. The third-order valence-electron chi connectivity index (χ3n) is 3.74. The highest BCUT2D eigenvalue weighted by atomic mass is 32.2. The largest absolute Gasteiger partial charge is 0.355 e. The van der Waals surface area contributed by atoms with Crippen molar-refractivity contribution in [2.24, 2.45) is 0 Å². The molecule has 0 atom stereocenters. The van der Waals surface area contributed by atoms with E-state index in [0.29, 0.717) is 18.4 Å². The summed E-state index contributed by atoms with van der Waals surface area (Å²) in [5, 5.41) is 2.72. The fourth-order valence-electron chi connectivity index (χ4n) is 2.35. The summed E-state index contributed by atoms with van der Waals surface area (Å²) in [6.07, 6.45) is 4.36. The number of hydrogen-bond acceptors (Lipinski definition) is 4. The Morgan fingerprint density at radius 3 is 2.68 bits per heavy atom. The number of carbonyl (C=O) groups excluding carboxylic acids is 1. The van der Waals surface area contributed by atoms with E-state index in [1.807, 2.05) is 25.1 Å². The molecule has 0 bridgehead atoms. The standard InChI is InChI=1S/C18H23N3O3S/c1-14-5-6-15(2)17(12-14)25(23,24)21-11-10-20-18(22)8-7-16-4-3-9-19-13-16/h3-6,9,12-13,21H,7-8,10-11H2,1-2H3,(H,20,22). The van der Waals surface area contributed by atoms with Crippen LogP contribution in [0.3, 0.4) is 0 Å². The van der Waals surface area contributed by atoms with Gasteiger partial charge in [0.25, 0.3) is 0 Å². The minimum Gasteiger partial charge on any atom is -0.355 e. The van der Waals surface area contributed by atoms with Crippen LogP contribution in [0.5, 0.6) is 0 Å². The molecule has 0 aliphatic rings. The summed E-state index contributed by atoms with van der Waals surface area (Å²) in [6, 6.07) is 9.04. The van der Waals surface area contributed by atoms with Crippen molar-refractivity contribution in [2.75, 3.05) is 13.1 Å². The van der Waals surface area contributed by atoms with Crippen LogP contribution in [0.1, 0.15) is 23.1 Å². The van der Waals surface area contributed by atoms with Gasteiger partial charge in [0.15, 0.2) is 0 Å². The molecule has 0 fully saturated rings. The highest BCUT2D eigenvalue weighted by Crippen LogP contribution is 2.16. The number of hydrogen-bond donors (Lipinski definition) is 2. The third kappa shape index (κ3) is 5.95. The predicted molar refractivity (Wildman–Crippen MR) is 96.7 cm³/mol. The number of amides is 1. The summed E-state index contributed by atoms with van der Waals surface area (Å²) in [6.45, 7) is 4.00. The Bertz CT molecular complexity index is 821. The molecule has 1 heterocycles. The first-order valence-corrected chi connectivity index (χ1v) is 9.59. The van der Waals surface area contributed by atoms with Crippen molar-refractivity contribution in [2.45, 2.75) is 31.6 Å². The molecule has 0 aliphatic heterocycles. The molecule has 7 heteroatoms. The second-order valence-electron chi connectivity index (χ2n) is 5.88. The Morgan fingerprint density at radius 1 is 1.16 bits per heavy atom. The van der Waals surface area contributed by atoms with Crippen LogP contribution in [0, 0.1) is 13.8 Å². The van der Waals surface area contributed by atoms with Gasteiger partial charge >= 0.3 is 0 Å². The van der Waals surface area contributed by atoms with Gasteiger partial charge in [-0.05, 0) is 49.1 Å². The average molecular weight is 361 g/mol. The van der Waals surface area contributed by atoms with Crippen LogP contribution in [0.15, 0.2) is 47.6 Å². The number of pyridine rings is 1. The van der Waals surface area contributed by atoms with E-state index in [-0.39, 0.29) is 23.9 Å². The van der Waals surface area contributed by atoms with Gasteiger partial charge in [-0.1, -0.05) is 18.2 Å². The van der Waals surface area contributed by atoms with E-state index in [2.05, 4.69) is 15.0 Å². The molecule has 2 rings (SSSR count). The maximum Gasteiger partial charge on any atom is 0.240 e. The molecule has 1 aromatic carbocycles. The maximum absolute atomic E-state index is 12.3. The quantitative estimate of drug-likeness (QED) is 0.701. The minimum absolute atomic E-state index is 0.116. The highest BCUT2D eigenvalue weighted by Gasteiger charge is 2.16. The van der Waals surface area contributed by atoms with Crippen LogP contribution >= 0.6 is 0 Å². The van der Waals surface area contributed by atoms with Gasteiger partial charge in [0.1, 0.15) is 0 Å². The lowest BCUT2D eigenvalue weighted by molar-refractivity contribution is -0.121. The molecule has 2 aromatic rings. The number of aryl methyl sites for hydroxylation is 3. The van der Waals surface area contributed by atoms with Crippen LogP contribution in [-0.2, 0) is 21.2 Å². The third-order valence-corrected chi connectivity index (χ3v) is 5.34. The number of sulfonamides is 1. The zero-order valence-electron chi connectivity index (χ0n) is 14.5. The number of nitrogens with one attached hydrogen (secondary N) is 2. The van der Waals surface area contributed by atoms with Gasteiger partial charge in [0, 0.05) is 31.9 Å². The van der Waals surface area contributed by atoms with E-state index in [1.54, 1.807) is 31.5 Å². The van der Waals surface area contributed by atoms with E-state index in [1.165, 1.54) is 0 Å². The number of rotatable bonds is 8. The molecule has 0 radical (unpaired) electrons. The molecular weight excluding hydrogens is 338 g/mol. The number of nitrogens with zero attached hydrogens (tertiary/aromatic N) is 1. The molecule has 0 saturated carbocycles. The Labute approximate surface area is 148 Å². The topological polar surface area (TPSA) is 88.2 Å². The summed E-state index contributed by atoms with van der Waals surface area (Å²) < 4.78 is 27.2. The molecule has 0 spiro atoms. The normalized spacial score (nSPS) is 11.3. The van der Waals surface area contributed by atoms with E-state index in [4.69, 9.17) is 0 Å². The van der Waals surface area contributed by atoms with Crippen molar-refractivity contribution in [3.8, 4) is 0 Å². The van der Waals surface area contributed by atoms with Crippen LogP contribution in [0.25, 0.3) is 0 Å². The Morgan fingerprint density at radius 2 is 1.96 bits per heavy atom. The first-order valence-electron chi connectivity index (χ1n) is 8.11. The van der Waals surface area contributed by atoms with Gasteiger partial charge in [-0.25, -0.2) is 13.1 Å². The van der Waals surface area contributed by atoms with Crippen molar-refractivity contribution in [1.82, 2.24) is 15.0 Å². The molecule has 1 amide bonds. The molecule has 2 N–H and O–H groups in total. The molecule has 25 heavy (non-hydrogen) atoms. The van der Waals surface area contributed by atoms with Gasteiger partial charge in [-0.2, -0.15) is 0 Å². The zero-order valence-corrected chi connectivity index (χ0v) is 15.3. The predicted octanol–water partition coefficient (Wildman–Crippen LogP) is 1.73. The Hall–Kier alpha value is -2.25. The Kier molecular flexibility index (Phi) is 6.66. The molecular formula is C18H23N3O3S. The molecule has 0 saturated heterocycles. The second-order valence-corrected chi connectivity index (χ2v) is 7.61. The Balaban J connectivity index is 1.76. The van der Waals surface area contributed by atoms with Crippen molar-refractivity contribution in [3.05, 3.63) is 59.4 Å². The monoisotopic (exact) mass is 361 g/mol. The molecule has 6 nitrogen and oxygen atoms in total. The average Bonchev–Trinajstić information content (AvgIpc) is 2.60. The number of aromatic nitrogens is 1. The second kappa shape index (κ2) is 8.73. The van der Waals surface area contributed by atoms with Gasteiger partial charge in [0.2, 0.25) is 15.9 Å². The summed E-state index contributed by atoms with van der Waals surface area (Å²) >= 11 is 0. The van der Waals surface area contributed by atoms with E-state index < -0.39 is 10.0 Å². The fraction of sp³-hybridized carbons (Fsp3) is 0.333. The van der Waals surface area contributed by atoms with E-state index >= 15 is 0 Å². The van der Waals surface area contributed by atoms with Gasteiger partial charge in [-0.15, -0.1) is 0 Å². The van der Waals surface area contributed by atoms with Gasteiger partial charge in [-0.3, -0.25) is 9.78 Å². The molecule has 0 unspecified atom stereocenters. The van der Waals surface area contributed by atoms with Gasteiger partial charge in [0.05, 0.1) is 4.90 Å². The first-order chi connectivity index (χ1) is 11.9. The summed E-state index contributed by atoms with van der Waals surface area (Å²) in [5.41, 5.74) is 2.57. The number of carbonyl (C=O) groups is 1. The summed E-state index contributed by atoms with van der Waals surface area (Å²) in [5.74, 6) is -0.116. The van der Waals surface area contributed by atoms with Crippen molar-refractivity contribution >= 4 is 15.9 Å². The lowest BCUT2D eigenvalue weighted by Crippen LogP contribution is -2.35. The van der Waals surface area contributed by atoms with Crippen LogP contribution in [0.4, 0.5) is 0 Å². The fourth-order valence-corrected chi connectivity index (χ4v) is 3.71. The smallest absolute Gasteiger partial charge is 0.240 e. The maximum atomic E-state index is 12.3. The highest BCUT2D eigenvalue weighted by molar-refractivity contribution is 7.89. The van der Waals surface area contributed by atoms with Crippen LogP contribution < -0.4 is 10.0 Å². The van der Waals surface area contributed by atoms with Crippen LogP contribution in [-0.4, -0.2) is 32.4 Å². The first kappa shape index (κ1) is 19.1. The van der Waals surface area contributed by atoms with Crippen molar-refractivity contribution < 1.29 is 13.2 Å². The van der Waals surface area contributed by atoms with Gasteiger partial charge < -0.3 is 5.32 Å². The SMILES string of the molecule is Cc1ccc(C)c(S(=O)(=O)NCCNC(=O)CCc2cccnc2)c1. The summed E-state index contributed by atoms with van der Waals surface area (Å²) in [4.78, 5) is 16.1. The van der Waals surface area contributed by atoms with Crippen molar-refractivity contribution in [3.63, 3.8) is 0 Å². The van der Waals surface area contributed by atoms with Crippen molar-refractivity contribution in [1.29, 1.82) is 0 Å². The van der Waals surface area contributed by atoms with E-state index in [0.717, 1.165) is 11.1 Å². The molecule has 1 aromatic heterocycles. The lowest BCUT2D eigenvalue weighted by Gasteiger charge is -2.11. The zero-order chi connectivity index (χ0) is 18.3.